The summed E-state index contributed by atoms with van der Waals surface area (Å²) in [5, 5.41) is 7.25. The van der Waals surface area contributed by atoms with Gasteiger partial charge in [-0.2, -0.15) is 5.10 Å². The molecule has 1 aromatic carbocycles. The van der Waals surface area contributed by atoms with Crippen molar-refractivity contribution in [2.24, 2.45) is 7.05 Å². The lowest BCUT2D eigenvalue weighted by Crippen LogP contribution is -2.15. The molecule has 4 nitrogen and oxygen atoms in total. The van der Waals surface area contributed by atoms with Crippen LogP contribution in [-0.2, 0) is 17.6 Å². The summed E-state index contributed by atoms with van der Waals surface area (Å²) < 4.78 is 1.78. The number of rotatable bonds is 5. The van der Waals surface area contributed by atoms with Crippen molar-refractivity contribution in [1.29, 1.82) is 0 Å². The molecule has 0 spiro atoms. The molecule has 2 aromatic rings. The second-order valence-corrected chi connectivity index (χ2v) is 6.18. The van der Waals surface area contributed by atoms with Crippen molar-refractivity contribution in [2.45, 2.75) is 26.5 Å². The Labute approximate surface area is 129 Å². The molecule has 0 saturated heterocycles. The van der Waals surface area contributed by atoms with Gasteiger partial charge in [-0.3, -0.25) is 9.48 Å². The number of nitrogens with one attached hydrogen (secondary N) is 1. The monoisotopic (exact) mass is 303 g/mol. The van der Waals surface area contributed by atoms with Crippen LogP contribution in [0.4, 0.5) is 5.69 Å². The van der Waals surface area contributed by atoms with E-state index in [9.17, 15) is 4.79 Å². The summed E-state index contributed by atoms with van der Waals surface area (Å²) in [5.41, 5.74) is 5.16. The van der Waals surface area contributed by atoms with E-state index in [1.54, 1.807) is 16.4 Å². The highest BCUT2D eigenvalue weighted by atomic mass is 32.2. The third kappa shape index (κ3) is 4.11. The number of aromatic nitrogens is 2. The average Bonchev–Trinajstić information content (AvgIpc) is 2.68. The molecule has 21 heavy (non-hydrogen) atoms. The van der Waals surface area contributed by atoms with E-state index in [4.69, 9.17) is 0 Å². The van der Waals surface area contributed by atoms with E-state index >= 15 is 0 Å². The number of hydrogen-bond acceptors (Lipinski definition) is 3. The zero-order chi connectivity index (χ0) is 15.4. The highest BCUT2D eigenvalue weighted by molar-refractivity contribution is 7.99. The molecule has 2 rings (SSSR count). The van der Waals surface area contributed by atoms with Crippen LogP contribution in [0.15, 0.2) is 24.3 Å². The minimum Gasteiger partial charge on any atom is -0.322 e. The van der Waals surface area contributed by atoms with Gasteiger partial charge >= 0.3 is 0 Å². The second-order valence-electron chi connectivity index (χ2n) is 5.20. The molecule has 0 aliphatic heterocycles. The van der Waals surface area contributed by atoms with Crippen molar-refractivity contribution in [3.8, 4) is 0 Å². The van der Waals surface area contributed by atoms with E-state index in [2.05, 4.69) is 41.6 Å². The summed E-state index contributed by atoms with van der Waals surface area (Å²) >= 11 is 1.62. The number of benzene rings is 1. The zero-order valence-electron chi connectivity index (χ0n) is 12.9. The van der Waals surface area contributed by atoms with E-state index in [1.165, 1.54) is 11.1 Å². The van der Waals surface area contributed by atoms with E-state index in [0.29, 0.717) is 5.75 Å². The first-order valence-electron chi connectivity index (χ1n) is 6.90. The summed E-state index contributed by atoms with van der Waals surface area (Å²) in [6, 6.07) is 8.40. The normalized spacial score (nSPS) is 10.7. The van der Waals surface area contributed by atoms with Crippen LogP contribution >= 0.6 is 11.8 Å². The maximum Gasteiger partial charge on any atom is 0.234 e. The van der Waals surface area contributed by atoms with Gasteiger partial charge in [0.2, 0.25) is 5.91 Å². The minimum absolute atomic E-state index is 0.0197. The lowest BCUT2D eigenvalue weighted by Gasteiger charge is -2.06. The quantitative estimate of drug-likeness (QED) is 0.922. The van der Waals surface area contributed by atoms with Crippen LogP contribution in [0.25, 0.3) is 0 Å². The van der Waals surface area contributed by atoms with Crippen LogP contribution in [-0.4, -0.2) is 21.4 Å². The van der Waals surface area contributed by atoms with Crippen molar-refractivity contribution in [3.05, 3.63) is 46.8 Å². The number of aryl methyl sites for hydroxylation is 3. The first-order valence-corrected chi connectivity index (χ1v) is 8.06. The molecule has 0 fully saturated rings. The molecule has 0 aliphatic rings. The van der Waals surface area contributed by atoms with Crippen LogP contribution in [0.2, 0.25) is 0 Å². The van der Waals surface area contributed by atoms with Gasteiger partial charge < -0.3 is 5.32 Å². The van der Waals surface area contributed by atoms with E-state index in [1.807, 2.05) is 20.9 Å². The number of thioether (sulfide) groups is 1. The molecule has 112 valence electrons. The third-order valence-corrected chi connectivity index (χ3v) is 4.40. The van der Waals surface area contributed by atoms with Gasteiger partial charge in [0.15, 0.2) is 0 Å². The first-order chi connectivity index (χ1) is 9.97. The number of amides is 1. The van der Waals surface area contributed by atoms with Gasteiger partial charge in [-0.05, 0) is 26.3 Å². The summed E-state index contributed by atoms with van der Waals surface area (Å²) in [7, 11) is 1.88. The fourth-order valence-corrected chi connectivity index (χ4v) is 2.86. The van der Waals surface area contributed by atoms with Crippen LogP contribution < -0.4 is 5.32 Å². The predicted molar refractivity (Wildman–Crippen MR) is 88.7 cm³/mol. The molecule has 1 N–H and O–H groups in total. The summed E-state index contributed by atoms with van der Waals surface area (Å²) in [6.45, 7) is 5.93. The Morgan fingerprint density at radius 2 is 1.90 bits per heavy atom. The van der Waals surface area contributed by atoms with Crippen molar-refractivity contribution in [1.82, 2.24) is 9.78 Å². The maximum absolute atomic E-state index is 12.0. The molecule has 0 unspecified atom stereocenters. The van der Waals surface area contributed by atoms with Gasteiger partial charge in [-0.15, -0.1) is 11.8 Å². The highest BCUT2D eigenvalue weighted by Crippen LogP contribution is 2.19. The Morgan fingerprint density at radius 1 is 1.24 bits per heavy atom. The summed E-state index contributed by atoms with van der Waals surface area (Å²) in [6.07, 6.45) is 0. The average molecular weight is 303 g/mol. The minimum atomic E-state index is 0.0197. The molecular formula is C16H21N3OS. The Kier molecular flexibility index (Phi) is 5.07. The van der Waals surface area contributed by atoms with E-state index in [0.717, 1.165) is 22.8 Å². The molecule has 0 bridgehead atoms. The highest BCUT2D eigenvalue weighted by Gasteiger charge is 2.12. The molecule has 0 radical (unpaired) electrons. The number of carbonyl (C=O) groups excluding carboxylic acids is 1. The van der Waals surface area contributed by atoms with Crippen molar-refractivity contribution in [3.63, 3.8) is 0 Å². The molecule has 1 amide bonds. The van der Waals surface area contributed by atoms with Gasteiger partial charge in [0.05, 0.1) is 22.8 Å². The number of anilines is 1. The van der Waals surface area contributed by atoms with Gasteiger partial charge in [0, 0.05) is 12.8 Å². The summed E-state index contributed by atoms with van der Waals surface area (Å²) in [4.78, 5) is 12.0. The fourth-order valence-electron chi connectivity index (χ4n) is 2.08. The Morgan fingerprint density at radius 3 is 2.48 bits per heavy atom. The topological polar surface area (TPSA) is 46.9 Å². The maximum atomic E-state index is 12.0. The van der Waals surface area contributed by atoms with Crippen molar-refractivity contribution in [2.75, 3.05) is 11.1 Å². The Hall–Kier alpha value is -1.75. The predicted octanol–water partition coefficient (Wildman–Crippen LogP) is 3.22. The van der Waals surface area contributed by atoms with Crippen LogP contribution in [0, 0.1) is 20.8 Å². The first kappa shape index (κ1) is 15.6. The standard InChI is InChI=1S/C16H21N3OS/c1-11-5-7-14(8-6-11)9-21-10-15(20)17-16-12(2)18-19(4)13(16)3/h5-8H,9-10H2,1-4H3,(H,17,20). The largest absolute Gasteiger partial charge is 0.322 e. The van der Waals surface area contributed by atoms with Crippen molar-refractivity contribution < 1.29 is 4.79 Å². The molecule has 0 atom stereocenters. The molecule has 1 heterocycles. The van der Waals surface area contributed by atoms with E-state index < -0.39 is 0 Å². The lowest BCUT2D eigenvalue weighted by atomic mass is 10.2. The number of nitrogens with zero attached hydrogens (tertiary/aromatic N) is 2. The summed E-state index contributed by atoms with van der Waals surface area (Å²) in [5.74, 6) is 1.31. The van der Waals surface area contributed by atoms with Crippen LogP contribution in [0.1, 0.15) is 22.5 Å². The van der Waals surface area contributed by atoms with Gasteiger partial charge in [-0.25, -0.2) is 0 Å². The lowest BCUT2D eigenvalue weighted by molar-refractivity contribution is -0.113. The van der Waals surface area contributed by atoms with Gasteiger partial charge in [-0.1, -0.05) is 29.8 Å². The van der Waals surface area contributed by atoms with Crippen LogP contribution in [0.3, 0.4) is 0 Å². The molecule has 0 aliphatic carbocycles. The molecular weight excluding hydrogens is 282 g/mol. The third-order valence-electron chi connectivity index (χ3n) is 3.40. The number of carbonyl (C=O) groups is 1. The molecule has 5 heteroatoms. The second kappa shape index (κ2) is 6.80. The smallest absolute Gasteiger partial charge is 0.234 e. The van der Waals surface area contributed by atoms with E-state index in [-0.39, 0.29) is 5.91 Å². The number of hydrogen-bond donors (Lipinski definition) is 1. The van der Waals surface area contributed by atoms with Crippen molar-refractivity contribution >= 4 is 23.4 Å². The Balaban J connectivity index is 1.83. The van der Waals surface area contributed by atoms with Crippen LogP contribution in [0.5, 0.6) is 0 Å². The van der Waals surface area contributed by atoms with Gasteiger partial charge in [0.1, 0.15) is 0 Å². The van der Waals surface area contributed by atoms with Gasteiger partial charge in [0.25, 0.3) is 0 Å². The fraction of sp³-hybridized carbons (Fsp3) is 0.375. The SMILES string of the molecule is Cc1ccc(CSCC(=O)Nc2c(C)nn(C)c2C)cc1. The zero-order valence-corrected chi connectivity index (χ0v) is 13.8. The molecule has 1 aromatic heterocycles. The Bertz CT molecular complexity index is 632. The molecule has 0 saturated carbocycles.